The van der Waals surface area contributed by atoms with Crippen LogP contribution in [0.4, 0.5) is 5.69 Å². The minimum atomic E-state index is -3.81. The Hall–Kier alpha value is -2.96. The molecule has 0 unspecified atom stereocenters. The van der Waals surface area contributed by atoms with Crippen molar-refractivity contribution >= 4 is 37.5 Å². The van der Waals surface area contributed by atoms with Crippen LogP contribution in [0, 0.1) is 0 Å². The molecule has 12 heteroatoms. The summed E-state index contributed by atoms with van der Waals surface area (Å²) >= 11 is 0. The van der Waals surface area contributed by atoms with Gasteiger partial charge in [-0.25, -0.2) is 21.6 Å². The standard InChI is InChI=1S/C21H26N4O6S2/c1-2-31-17-8-10-18(11-9-17)32(27,28)23-14-12-21(26)24-16-5-3-6-19(15-16)33(29,30)25-20-7-4-13-22-20/h3,5-6,8-11,15,23H,2,4,7,12-14H2,1H3,(H,22,25)(H,24,26). The van der Waals surface area contributed by atoms with Crippen LogP contribution in [0.1, 0.15) is 26.2 Å². The van der Waals surface area contributed by atoms with Crippen LogP contribution in [0.25, 0.3) is 0 Å². The van der Waals surface area contributed by atoms with Gasteiger partial charge in [0, 0.05) is 31.6 Å². The van der Waals surface area contributed by atoms with Crippen LogP contribution in [0.15, 0.2) is 63.3 Å². The third kappa shape index (κ3) is 7.01. The first kappa shape index (κ1) is 24.7. The van der Waals surface area contributed by atoms with Gasteiger partial charge < -0.3 is 10.1 Å². The number of anilines is 1. The average molecular weight is 495 g/mol. The first-order chi connectivity index (χ1) is 15.7. The lowest BCUT2D eigenvalue weighted by Gasteiger charge is -2.11. The fourth-order valence-electron chi connectivity index (χ4n) is 3.07. The highest BCUT2D eigenvalue weighted by Gasteiger charge is 2.19. The zero-order valence-corrected chi connectivity index (χ0v) is 19.7. The van der Waals surface area contributed by atoms with Crippen LogP contribution < -0.4 is 19.5 Å². The fraction of sp³-hybridized carbons (Fsp3) is 0.333. The van der Waals surface area contributed by atoms with Crippen LogP contribution in [0.5, 0.6) is 5.75 Å². The van der Waals surface area contributed by atoms with Crippen LogP contribution >= 0.6 is 0 Å². The number of nitrogens with zero attached hydrogens (tertiary/aromatic N) is 1. The van der Waals surface area contributed by atoms with E-state index in [0.717, 1.165) is 6.42 Å². The van der Waals surface area contributed by atoms with Crippen molar-refractivity contribution in [2.45, 2.75) is 36.0 Å². The molecule has 2 aromatic rings. The molecular weight excluding hydrogens is 468 g/mol. The van der Waals surface area contributed by atoms with Gasteiger partial charge in [-0.15, -0.1) is 0 Å². The molecule has 3 rings (SSSR count). The number of nitrogens with one attached hydrogen (secondary N) is 3. The predicted octanol–water partition coefficient (Wildman–Crippen LogP) is 1.86. The number of carbonyl (C=O) groups is 1. The maximum atomic E-state index is 12.5. The Morgan fingerprint density at radius 1 is 1.03 bits per heavy atom. The van der Waals surface area contributed by atoms with Gasteiger partial charge in [0.05, 0.1) is 16.4 Å². The van der Waals surface area contributed by atoms with Crippen molar-refractivity contribution in [3.05, 3.63) is 48.5 Å². The topological polar surface area (TPSA) is 143 Å². The van der Waals surface area contributed by atoms with Crippen LogP contribution in [0.3, 0.4) is 0 Å². The zero-order chi connectivity index (χ0) is 23.9. The number of amides is 1. The Kier molecular flexibility index (Phi) is 8.06. The van der Waals surface area contributed by atoms with Gasteiger partial charge in [0.15, 0.2) is 0 Å². The molecule has 10 nitrogen and oxygen atoms in total. The second kappa shape index (κ2) is 10.8. The molecule has 0 spiro atoms. The SMILES string of the molecule is CCOc1ccc(S(=O)(=O)NCCC(=O)Nc2cccc(S(=O)(=O)NC3=NCCC3)c2)cc1. The fourth-order valence-corrected chi connectivity index (χ4v) is 5.23. The first-order valence-electron chi connectivity index (χ1n) is 10.4. The van der Waals surface area contributed by atoms with E-state index in [4.69, 9.17) is 4.74 Å². The second-order valence-electron chi connectivity index (χ2n) is 7.17. The van der Waals surface area contributed by atoms with Gasteiger partial charge in [-0.3, -0.25) is 14.5 Å². The average Bonchev–Trinajstić information content (AvgIpc) is 3.27. The van der Waals surface area contributed by atoms with Crippen LogP contribution in [-0.4, -0.2) is 48.3 Å². The second-order valence-corrected chi connectivity index (χ2v) is 10.6. The maximum Gasteiger partial charge on any atom is 0.262 e. The van der Waals surface area contributed by atoms with Gasteiger partial charge in [0.2, 0.25) is 15.9 Å². The maximum absolute atomic E-state index is 12.5. The van der Waals surface area contributed by atoms with Gasteiger partial charge in [-0.2, -0.15) is 0 Å². The molecule has 2 aromatic carbocycles. The van der Waals surface area contributed by atoms with E-state index in [1.807, 2.05) is 6.92 Å². The Balaban J connectivity index is 1.54. The largest absolute Gasteiger partial charge is 0.494 e. The number of hydrogen-bond donors (Lipinski definition) is 3. The number of amidine groups is 1. The summed E-state index contributed by atoms with van der Waals surface area (Å²) in [5.41, 5.74) is 0.283. The number of hydrogen-bond acceptors (Lipinski definition) is 7. The minimum absolute atomic E-state index is 0.00824. The molecule has 33 heavy (non-hydrogen) atoms. The van der Waals surface area contributed by atoms with Crippen molar-refractivity contribution in [2.24, 2.45) is 4.99 Å². The zero-order valence-electron chi connectivity index (χ0n) is 18.1. The van der Waals surface area contributed by atoms with Gasteiger partial charge in [-0.1, -0.05) is 6.07 Å². The molecule has 0 saturated carbocycles. The first-order valence-corrected chi connectivity index (χ1v) is 13.3. The molecular formula is C21H26N4O6S2. The molecule has 0 fully saturated rings. The van der Waals surface area contributed by atoms with Crippen LogP contribution in [0.2, 0.25) is 0 Å². The van der Waals surface area contributed by atoms with Crippen molar-refractivity contribution in [3.63, 3.8) is 0 Å². The highest BCUT2D eigenvalue weighted by atomic mass is 32.2. The van der Waals surface area contributed by atoms with Crippen molar-refractivity contribution in [1.29, 1.82) is 0 Å². The van der Waals surface area contributed by atoms with Gasteiger partial charge in [0.25, 0.3) is 10.0 Å². The molecule has 3 N–H and O–H groups in total. The number of aliphatic imine (C=N–C) groups is 1. The van der Waals surface area contributed by atoms with E-state index in [-0.39, 0.29) is 28.4 Å². The van der Waals surface area contributed by atoms with E-state index in [9.17, 15) is 21.6 Å². The molecule has 1 amide bonds. The molecule has 0 bridgehead atoms. The van der Waals surface area contributed by atoms with E-state index in [0.29, 0.717) is 31.2 Å². The predicted molar refractivity (Wildman–Crippen MR) is 124 cm³/mol. The summed E-state index contributed by atoms with van der Waals surface area (Å²) in [5.74, 6) is 0.517. The highest BCUT2D eigenvalue weighted by Crippen LogP contribution is 2.17. The lowest BCUT2D eigenvalue weighted by molar-refractivity contribution is -0.116. The summed E-state index contributed by atoms with van der Waals surface area (Å²) in [6.07, 6.45) is 1.24. The molecule has 1 aliphatic heterocycles. The van der Waals surface area contributed by atoms with Gasteiger partial charge >= 0.3 is 0 Å². The Bertz CT molecular complexity index is 1230. The summed E-state index contributed by atoms with van der Waals surface area (Å²) in [5, 5.41) is 2.58. The number of rotatable bonds is 10. The number of carbonyl (C=O) groups excluding carboxylic acids is 1. The summed E-state index contributed by atoms with van der Waals surface area (Å²) in [6.45, 7) is 2.77. The van der Waals surface area contributed by atoms with Crippen molar-refractivity contribution < 1.29 is 26.4 Å². The van der Waals surface area contributed by atoms with E-state index >= 15 is 0 Å². The van der Waals surface area contributed by atoms with Crippen molar-refractivity contribution in [1.82, 2.24) is 9.44 Å². The molecule has 1 aliphatic rings. The summed E-state index contributed by atoms with van der Waals surface area (Å²) in [6, 6.07) is 11.8. The van der Waals surface area contributed by atoms with Gasteiger partial charge in [0.1, 0.15) is 11.6 Å². The normalized spacial score (nSPS) is 13.9. The third-order valence-corrected chi connectivity index (χ3v) is 7.50. The minimum Gasteiger partial charge on any atom is -0.494 e. The van der Waals surface area contributed by atoms with Crippen LogP contribution in [-0.2, 0) is 24.8 Å². The number of sulfonamides is 2. The molecule has 0 saturated heterocycles. The lowest BCUT2D eigenvalue weighted by Crippen LogP contribution is -2.29. The van der Waals surface area contributed by atoms with Crippen molar-refractivity contribution in [2.75, 3.05) is 25.0 Å². The quantitative estimate of drug-likeness (QED) is 0.460. The van der Waals surface area contributed by atoms with Crippen molar-refractivity contribution in [3.8, 4) is 5.75 Å². The Morgan fingerprint density at radius 3 is 2.45 bits per heavy atom. The molecule has 0 aromatic heterocycles. The highest BCUT2D eigenvalue weighted by molar-refractivity contribution is 7.90. The van der Waals surface area contributed by atoms with E-state index in [1.165, 1.54) is 30.3 Å². The molecule has 0 radical (unpaired) electrons. The number of benzene rings is 2. The summed E-state index contributed by atoms with van der Waals surface area (Å²) < 4.78 is 59.9. The molecule has 1 heterocycles. The molecule has 178 valence electrons. The Morgan fingerprint density at radius 2 is 1.79 bits per heavy atom. The molecule has 0 aliphatic carbocycles. The van der Waals surface area contributed by atoms with E-state index in [1.54, 1.807) is 18.2 Å². The lowest BCUT2D eigenvalue weighted by atomic mass is 10.3. The van der Waals surface area contributed by atoms with Gasteiger partial charge in [-0.05, 0) is 55.8 Å². The molecule has 0 atom stereocenters. The number of ether oxygens (including phenoxy) is 1. The summed E-state index contributed by atoms with van der Waals surface area (Å²) in [7, 11) is -7.59. The van der Waals surface area contributed by atoms with E-state index < -0.39 is 26.0 Å². The third-order valence-electron chi connectivity index (χ3n) is 4.64. The monoisotopic (exact) mass is 494 g/mol. The summed E-state index contributed by atoms with van der Waals surface area (Å²) in [4.78, 5) is 16.4. The van der Waals surface area contributed by atoms with E-state index in [2.05, 4.69) is 19.8 Å². The smallest absolute Gasteiger partial charge is 0.262 e. The Labute approximate surface area is 193 Å².